The lowest BCUT2D eigenvalue weighted by Gasteiger charge is -2.32. The van der Waals surface area contributed by atoms with Gasteiger partial charge < -0.3 is 34.6 Å². The summed E-state index contributed by atoms with van der Waals surface area (Å²) in [5.74, 6) is 1.10. The highest BCUT2D eigenvalue weighted by atomic mass is 16.5. The van der Waals surface area contributed by atoms with Gasteiger partial charge in [0.2, 0.25) is 5.95 Å². The number of aliphatic hydroxyl groups excluding tert-OH is 1. The van der Waals surface area contributed by atoms with Crippen LogP contribution >= 0.6 is 0 Å². The fourth-order valence-electron chi connectivity index (χ4n) is 4.58. The fourth-order valence-corrected chi connectivity index (χ4v) is 4.58. The SMILES string of the molecule is Cc1ccc(CO)cc1N(C)c1ccnc(Nc2cc(N3CCOCC3)cc(N3CCOCC3=O)c2)n1. The monoisotopic (exact) mass is 504 g/mol. The van der Waals surface area contributed by atoms with E-state index in [1.54, 1.807) is 11.1 Å². The number of aryl methyl sites for hydroxylation is 1. The molecule has 0 atom stereocenters. The third-order valence-corrected chi connectivity index (χ3v) is 6.63. The molecule has 3 heterocycles. The molecule has 0 unspecified atom stereocenters. The summed E-state index contributed by atoms with van der Waals surface area (Å²) < 4.78 is 10.9. The maximum atomic E-state index is 12.6. The molecule has 10 nitrogen and oxygen atoms in total. The van der Waals surface area contributed by atoms with E-state index in [9.17, 15) is 9.90 Å². The largest absolute Gasteiger partial charge is 0.392 e. The second-order valence-corrected chi connectivity index (χ2v) is 9.14. The maximum absolute atomic E-state index is 12.6. The standard InChI is InChI=1S/C27H32N6O4/c1-19-3-4-20(17-34)13-24(19)31(2)25-5-6-28-27(30-25)29-21-14-22(32-7-10-36-11-8-32)16-23(15-21)33-9-12-37-18-26(33)35/h3-6,13-16,34H,7-12,17-18H2,1-2H3,(H,28,29,30). The third-order valence-electron chi connectivity index (χ3n) is 6.63. The molecule has 2 N–H and O–H groups in total. The van der Waals surface area contributed by atoms with Crippen LogP contribution in [-0.2, 0) is 20.9 Å². The van der Waals surface area contributed by atoms with Gasteiger partial charge in [0.1, 0.15) is 12.4 Å². The van der Waals surface area contributed by atoms with Crippen molar-refractivity contribution in [2.45, 2.75) is 13.5 Å². The van der Waals surface area contributed by atoms with Gasteiger partial charge in [-0.2, -0.15) is 4.98 Å². The van der Waals surface area contributed by atoms with Gasteiger partial charge >= 0.3 is 0 Å². The molecule has 1 amide bonds. The van der Waals surface area contributed by atoms with Crippen LogP contribution < -0.4 is 20.0 Å². The zero-order valence-electron chi connectivity index (χ0n) is 21.2. The average molecular weight is 505 g/mol. The summed E-state index contributed by atoms with van der Waals surface area (Å²) >= 11 is 0. The second-order valence-electron chi connectivity index (χ2n) is 9.14. The number of carbonyl (C=O) groups excluding carboxylic acids is 1. The topological polar surface area (TPSA) is 103 Å². The van der Waals surface area contributed by atoms with E-state index in [1.165, 1.54) is 0 Å². The van der Waals surface area contributed by atoms with Crippen LogP contribution in [0.1, 0.15) is 11.1 Å². The van der Waals surface area contributed by atoms with Crippen molar-refractivity contribution in [3.63, 3.8) is 0 Å². The smallest absolute Gasteiger partial charge is 0.253 e. The average Bonchev–Trinajstić information content (AvgIpc) is 2.93. The van der Waals surface area contributed by atoms with Crippen molar-refractivity contribution < 1.29 is 19.4 Å². The summed E-state index contributed by atoms with van der Waals surface area (Å²) in [6.07, 6.45) is 1.71. The Bertz CT molecular complexity index is 1260. The highest BCUT2D eigenvalue weighted by Crippen LogP contribution is 2.32. The fraction of sp³-hybridized carbons (Fsp3) is 0.370. The van der Waals surface area contributed by atoms with Gasteiger partial charge in [-0.15, -0.1) is 0 Å². The Hall–Kier alpha value is -3.73. The van der Waals surface area contributed by atoms with Gasteiger partial charge in [-0.05, 0) is 48.4 Å². The number of morpholine rings is 2. The van der Waals surface area contributed by atoms with E-state index in [0.29, 0.717) is 38.1 Å². The van der Waals surface area contributed by atoms with E-state index in [0.717, 1.165) is 47.0 Å². The molecule has 194 valence electrons. The van der Waals surface area contributed by atoms with Crippen LogP contribution in [0.2, 0.25) is 0 Å². The van der Waals surface area contributed by atoms with E-state index >= 15 is 0 Å². The first-order chi connectivity index (χ1) is 18.0. The van der Waals surface area contributed by atoms with Gasteiger partial charge in [-0.3, -0.25) is 4.79 Å². The van der Waals surface area contributed by atoms with Crippen molar-refractivity contribution in [1.82, 2.24) is 9.97 Å². The van der Waals surface area contributed by atoms with Crippen LogP contribution in [0.3, 0.4) is 0 Å². The number of amides is 1. The number of aromatic nitrogens is 2. The quantitative estimate of drug-likeness (QED) is 0.503. The molecule has 2 aliphatic rings. The minimum atomic E-state index is -0.0586. The number of hydrogen-bond donors (Lipinski definition) is 2. The summed E-state index contributed by atoms with van der Waals surface area (Å²) in [6.45, 7) is 5.99. The molecule has 10 heteroatoms. The molecule has 2 saturated heterocycles. The lowest BCUT2D eigenvalue weighted by atomic mass is 10.1. The number of anilines is 6. The minimum absolute atomic E-state index is 0.0227. The Morgan fingerprint density at radius 1 is 1.03 bits per heavy atom. The first-order valence-electron chi connectivity index (χ1n) is 12.4. The van der Waals surface area contributed by atoms with Crippen molar-refractivity contribution in [3.8, 4) is 0 Å². The number of ether oxygens (including phenoxy) is 2. The van der Waals surface area contributed by atoms with Crippen molar-refractivity contribution in [3.05, 3.63) is 59.8 Å². The van der Waals surface area contributed by atoms with E-state index < -0.39 is 0 Å². The molecule has 0 bridgehead atoms. The number of aliphatic hydroxyl groups is 1. The van der Waals surface area contributed by atoms with E-state index in [2.05, 4.69) is 15.2 Å². The van der Waals surface area contributed by atoms with Crippen LogP contribution in [-0.4, -0.2) is 74.1 Å². The summed E-state index contributed by atoms with van der Waals surface area (Å²) in [4.78, 5) is 27.8. The highest BCUT2D eigenvalue weighted by molar-refractivity contribution is 5.96. The van der Waals surface area contributed by atoms with E-state index in [4.69, 9.17) is 14.5 Å². The van der Waals surface area contributed by atoms with Gasteiger partial charge in [-0.25, -0.2) is 4.98 Å². The molecule has 0 radical (unpaired) electrons. The molecule has 2 fully saturated rings. The summed E-state index contributed by atoms with van der Waals surface area (Å²) in [5, 5.41) is 12.9. The molecular weight excluding hydrogens is 472 g/mol. The first kappa shape index (κ1) is 24.9. The van der Waals surface area contributed by atoms with Crippen LogP contribution in [0, 0.1) is 6.92 Å². The molecule has 5 rings (SSSR count). The van der Waals surface area contributed by atoms with Crippen molar-refractivity contribution >= 4 is 40.4 Å². The zero-order chi connectivity index (χ0) is 25.8. The Morgan fingerprint density at radius 3 is 2.59 bits per heavy atom. The minimum Gasteiger partial charge on any atom is -0.392 e. The van der Waals surface area contributed by atoms with Gasteiger partial charge in [0.15, 0.2) is 0 Å². The Kier molecular flexibility index (Phi) is 7.50. The Morgan fingerprint density at radius 2 is 1.81 bits per heavy atom. The van der Waals surface area contributed by atoms with Crippen LogP contribution in [0.4, 0.5) is 34.5 Å². The molecule has 2 aromatic carbocycles. The summed E-state index contributed by atoms with van der Waals surface area (Å²) in [6, 6.07) is 13.7. The molecule has 1 aromatic heterocycles. The number of rotatable bonds is 7. The predicted molar refractivity (Wildman–Crippen MR) is 143 cm³/mol. The number of benzene rings is 2. The zero-order valence-corrected chi connectivity index (χ0v) is 21.2. The number of hydrogen-bond acceptors (Lipinski definition) is 9. The van der Waals surface area contributed by atoms with Gasteiger partial charge in [-0.1, -0.05) is 12.1 Å². The molecule has 0 aliphatic carbocycles. The maximum Gasteiger partial charge on any atom is 0.253 e. The Labute approximate surface area is 216 Å². The molecule has 37 heavy (non-hydrogen) atoms. The van der Waals surface area contributed by atoms with Crippen molar-refractivity contribution in [2.24, 2.45) is 0 Å². The van der Waals surface area contributed by atoms with E-state index in [1.807, 2.05) is 61.3 Å². The number of nitrogens with one attached hydrogen (secondary N) is 1. The lowest BCUT2D eigenvalue weighted by molar-refractivity contribution is -0.125. The van der Waals surface area contributed by atoms with Crippen LogP contribution in [0.15, 0.2) is 48.7 Å². The second kappa shape index (κ2) is 11.1. The van der Waals surface area contributed by atoms with Crippen LogP contribution in [0.5, 0.6) is 0 Å². The number of carbonyl (C=O) groups is 1. The van der Waals surface area contributed by atoms with Gasteiger partial charge in [0.25, 0.3) is 5.91 Å². The highest BCUT2D eigenvalue weighted by Gasteiger charge is 2.23. The molecule has 0 spiro atoms. The lowest BCUT2D eigenvalue weighted by Crippen LogP contribution is -2.42. The van der Waals surface area contributed by atoms with Crippen molar-refractivity contribution in [1.29, 1.82) is 0 Å². The third kappa shape index (κ3) is 5.66. The Balaban J connectivity index is 1.45. The molecule has 0 saturated carbocycles. The molecule has 2 aliphatic heterocycles. The molecular formula is C27H32N6O4. The number of nitrogens with zero attached hydrogens (tertiary/aromatic N) is 5. The summed E-state index contributed by atoms with van der Waals surface area (Å²) in [5.41, 5.74) is 5.47. The van der Waals surface area contributed by atoms with E-state index in [-0.39, 0.29) is 19.1 Å². The summed E-state index contributed by atoms with van der Waals surface area (Å²) in [7, 11) is 1.94. The predicted octanol–water partition coefficient (Wildman–Crippen LogP) is 2.99. The van der Waals surface area contributed by atoms with Crippen molar-refractivity contribution in [2.75, 3.05) is 73.1 Å². The van der Waals surface area contributed by atoms with Crippen LogP contribution in [0.25, 0.3) is 0 Å². The van der Waals surface area contributed by atoms with Gasteiger partial charge in [0.05, 0.1) is 26.4 Å². The normalized spacial score (nSPS) is 16.1. The van der Waals surface area contributed by atoms with Gasteiger partial charge in [0, 0.05) is 55.6 Å². The first-order valence-corrected chi connectivity index (χ1v) is 12.4. The molecule has 3 aromatic rings.